The van der Waals surface area contributed by atoms with Crippen LogP contribution in [0.5, 0.6) is 0 Å². The van der Waals surface area contributed by atoms with E-state index in [0.717, 1.165) is 36.7 Å². The first-order valence-corrected chi connectivity index (χ1v) is 8.94. The number of likely N-dealkylation sites (tertiary alicyclic amines) is 1. The third-order valence-corrected chi connectivity index (χ3v) is 5.37. The zero-order chi connectivity index (χ0) is 16.7. The molecule has 5 heteroatoms. The molecule has 0 radical (unpaired) electrons. The van der Waals surface area contributed by atoms with Gasteiger partial charge in [-0.05, 0) is 62.8 Å². The highest BCUT2D eigenvalue weighted by atomic mass is 16.5. The van der Waals surface area contributed by atoms with Gasteiger partial charge in [0, 0.05) is 12.5 Å². The second kappa shape index (κ2) is 6.30. The van der Waals surface area contributed by atoms with E-state index in [1.807, 2.05) is 6.07 Å². The molecule has 0 spiro atoms. The lowest BCUT2D eigenvalue weighted by Crippen LogP contribution is -2.29. The zero-order valence-corrected chi connectivity index (χ0v) is 14.4. The summed E-state index contributed by atoms with van der Waals surface area (Å²) < 4.78 is 5.42. The smallest absolute Gasteiger partial charge is 0.229 e. The number of nitrogens with zero attached hydrogens (tertiary/aromatic N) is 3. The average molecular weight is 327 g/mol. The van der Waals surface area contributed by atoms with Crippen LogP contribution in [0.3, 0.4) is 0 Å². The zero-order valence-electron chi connectivity index (χ0n) is 14.4. The van der Waals surface area contributed by atoms with E-state index in [-0.39, 0.29) is 6.04 Å². The van der Waals surface area contributed by atoms with Gasteiger partial charge in [0.1, 0.15) is 0 Å². The highest BCUT2D eigenvalue weighted by Crippen LogP contribution is 2.40. The summed E-state index contributed by atoms with van der Waals surface area (Å²) in [6, 6.07) is 6.36. The predicted octanol–water partition coefficient (Wildman–Crippen LogP) is 3.43. The summed E-state index contributed by atoms with van der Waals surface area (Å²) >= 11 is 0. The Balaban J connectivity index is 1.46. The van der Waals surface area contributed by atoms with Crippen molar-refractivity contribution in [3.05, 3.63) is 46.6 Å². The Hall–Kier alpha value is -1.72. The Morgan fingerprint density at radius 2 is 2.08 bits per heavy atom. The standard InChI is InChI=1S/C19H25N3O2/c1-12-5-6-15(10-13(12)2)17(23)11-22-9-3-4-16(22)18-20-19(24-21-18)14-7-8-14/h5-6,10,14,16-17,23H,3-4,7-9,11H2,1-2H3/t16-,17-/m1/s1. The van der Waals surface area contributed by atoms with Crippen LogP contribution in [0.15, 0.2) is 22.7 Å². The fourth-order valence-corrected chi connectivity index (χ4v) is 3.52. The molecule has 1 N–H and O–H groups in total. The lowest BCUT2D eigenvalue weighted by atomic mass is 10.0. The number of aliphatic hydroxyl groups is 1. The molecule has 128 valence electrons. The van der Waals surface area contributed by atoms with Gasteiger partial charge in [-0.15, -0.1) is 0 Å². The summed E-state index contributed by atoms with van der Waals surface area (Å²) in [6.07, 6.45) is 3.99. The number of aromatic nitrogens is 2. The second-order valence-corrected chi connectivity index (χ2v) is 7.28. The average Bonchev–Trinajstić information content (AvgIpc) is 3.12. The highest BCUT2D eigenvalue weighted by Gasteiger charge is 2.34. The Morgan fingerprint density at radius 3 is 2.83 bits per heavy atom. The van der Waals surface area contributed by atoms with E-state index in [2.05, 4.69) is 41.0 Å². The van der Waals surface area contributed by atoms with E-state index >= 15 is 0 Å². The predicted molar refractivity (Wildman–Crippen MR) is 90.7 cm³/mol. The summed E-state index contributed by atoms with van der Waals surface area (Å²) in [5.41, 5.74) is 3.46. The summed E-state index contributed by atoms with van der Waals surface area (Å²) in [5.74, 6) is 2.08. The number of aryl methyl sites for hydroxylation is 2. The molecule has 2 fully saturated rings. The second-order valence-electron chi connectivity index (χ2n) is 7.28. The van der Waals surface area contributed by atoms with Crippen LogP contribution in [0.25, 0.3) is 0 Å². The van der Waals surface area contributed by atoms with Crippen molar-refractivity contribution < 1.29 is 9.63 Å². The molecule has 24 heavy (non-hydrogen) atoms. The van der Waals surface area contributed by atoms with Crippen molar-refractivity contribution in [2.75, 3.05) is 13.1 Å². The molecule has 0 unspecified atom stereocenters. The van der Waals surface area contributed by atoms with Gasteiger partial charge in [0.15, 0.2) is 5.82 Å². The monoisotopic (exact) mass is 327 g/mol. The fraction of sp³-hybridized carbons (Fsp3) is 0.579. The number of aliphatic hydroxyl groups excluding tert-OH is 1. The van der Waals surface area contributed by atoms with E-state index in [0.29, 0.717) is 12.5 Å². The first kappa shape index (κ1) is 15.8. The molecule has 1 aliphatic heterocycles. The van der Waals surface area contributed by atoms with Gasteiger partial charge in [-0.25, -0.2) is 0 Å². The summed E-state index contributed by atoms with van der Waals surface area (Å²) in [4.78, 5) is 6.90. The third-order valence-electron chi connectivity index (χ3n) is 5.37. The highest BCUT2D eigenvalue weighted by molar-refractivity contribution is 5.31. The van der Waals surface area contributed by atoms with Crippen LogP contribution >= 0.6 is 0 Å². The lowest BCUT2D eigenvalue weighted by Gasteiger charge is -2.25. The van der Waals surface area contributed by atoms with Crippen molar-refractivity contribution in [2.24, 2.45) is 0 Å². The van der Waals surface area contributed by atoms with E-state index in [4.69, 9.17) is 4.52 Å². The Labute approximate surface area is 142 Å². The third kappa shape index (κ3) is 3.10. The largest absolute Gasteiger partial charge is 0.387 e. The molecule has 1 saturated heterocycles. The van der Waals surface area contributed by atoms with Crippen molar-refractivity contribution in [1.82, 2.24) is 15.0 Å². The van der Waals surface area contributed by atoms with Crippen molar-refractivity contribution in [2.45, 2.75) is 57.6 Å². The van der Waals surface area contributed by atoms with E-state index in [1.54, 1.807) is 0 Å². The van der Waals surface area contributed by atoms with Gasteiger partial charge in [0.2, 0.25) is 5.89 Å². The van der Waals surface area contributed by atoms with E-state index in [9.17, 15) is 5.11 Å². The molecule has 2 atom stereocenters. The van der Waals surface area contributed by atoms with Gasteiger partial charge >= 0.3 is 0 Å². The van der Waals surface area contributed by atoms with Gasteiger partial charge in [-0.2, -0.15) is 4.98 Å². The van der Waals surface area contributed by atoms with E-state index in [1.165, 1.54) is 24.0 Å². The molecule has 2 heterocycles. The SMILES string of the molecule is Cc1ccc([C@H](O)CN2CCC[C@@H]2c2noc(C3CC3)n2)cc1C. The maximum atomic E-state index is 10.7. The van der Waals surface area contributed by atoms with Crippen LogP contribution < -0.4 is 0 Å². The van der Waals surface area contributed by atoms with Crippen LogP contribution in [-0.2, 0) is 0 Å². The first-order valence-electron chi connectivity index (χ1n) is 8.94. The number of β-amino-alcohol motifs (C(OH)–C–C–N with tert-alkyl or cyclic N) is 1. The van der Waals surface area contributed by atoms with Crippen LogP contribution in [0, 0.1) is 13.8 Å². The topological polar surface area (TPSA) is 62.4 Å². The van der Waals surface area contributed by atoms with Gasteiger partial charge in [0.05, 0.1) is 12.1 Å². The molecule has 1 saturated carbocycles. The minimum atomic E-state index is -0.486. The van der Waals surface area contributed by atoms with Crippen LogP contribution in [0.2, 0.25) is 0 Å². The van der Waals surface area contributed by atoms with Crippen LogP contribution in [0.4, 0.5) is 0 Å². The minimum absolute atomic E-state index is 0.169. The molecule has 5 nitrogen and oxygen atoms in total. The number of benzene rings is 1. The van der Waals surface area contributed by atoms with Crippen molar-refractivity contribution in [3.63, 3.8) is 0 Å². The van der Waals surface area contributed by atoms with Gasteiger partial charge in [0.25, 0.3) is 0 Å². The summed E-state index contributed by atoms with van der Waals surface area (Å²) in [7, 11) is 0. The molecule has 2 aromatic rings. The molecule has 2 aliphatic rings. The molecular weight excluding hydrogens is 302 g/mol. The molecule has 4 rings (SSSR count). The maximum Gasteiger partial charge on any atom is 0.229 e. The normalized spacial score (nSPS) is 22.9. The van der Waals surface area contributed by atoms with E-state index < -0.39 is 6.10 Å². The maximum absolute atomic E-state index is 10.7. The van der Waals surface area contributed by atoms with Crippen molar-refractivity contribution >= 4 is 0 Å². The van der Waals surface area contributed by atoms with Gasteiger partial charge in [-0.3, -0.25) is 4.90 Å². The molecule has 0 amide bonds. The quantitative estimate of drug-likeness (QED) is 0.911. The Morgan fingerprint density at radius 1 is 1.25 bits per heavy atom. The van der Waals surface area contributed by atoms with Crippen molar-refractivity contribution in [3.8, 4) is 0 Å². The number of hydrogen-bond donors (Lipinski definition) is 1. The van der Waals surface area contributed by atoms with Crippen LogP contribution in [-0.4, -0.2) is 33.2 Å². The van der Waals surface area contributed by atoms with Gasteiger partial charge < -0.3 is 9.63 Å². The Kier molecular flexibility index (Phi) is 4.14. The van der Waals surface area contributed by atoms with Crippen LogP contribution in [0.1, 0.15) is 72.2 Å². The molecule has 1 aromatic carbocycles. The molecular formula is C19H25N3O2. The van der Waals surface area contributed by atoms with Crippen molar-refractivity contribution in [1.29, 1.82) is 0 Å². The number of rotatable bonds is 5. The molecule has 0 bridgehead atoms. The first-order chi connectivity index (χ1) is 11.6. The summed E-state index contributed by atoms with van der Waals surface area (Å²) in [5, 5.41) is 14.9. The molecule has 1 aromatic heterocycles. The Bertz CT molecular complexity index is 723. The minimum Gasteiger partial charge on any atom is -0.387 e. The number of hydrogen-bond acceptors (Lipinski definition) is 5. The van der Waals surface area contributed by atoms with Gasteiger partial charge in [-0.1, -0.05) is 23.4 Å². The fourth-order valence-electron chi connectivity index (χ4n) is 3.52. The summed E-state index contributed by atoms with van der Waals surface area (Å²) in [6.45, 7) is 5.76. The lowest BCUT2D eigenvalue weighted by molar-refractivity contribution is 0.103. The molecule has 1 aliphatic carbocycles.